The van der Waals surface area contributed by atoms with Crippen molar-refractivity contribution in [2.75, 3.05) is 19.0 Å². The second kappa shape index (κ2) is 8.06. The number of alkyl halides is 1. The van der Waals surface area contributed by atoms with Crippen molar-refractivity contribution in [3.05, 3.63) is 34.1 Å². The molecule has 0 aliphatic rings. The monoisotopic (exact) mass is 321 g/mol. The predicted octanol–water partition coefficient (Wildman–Crippen LogP) is 4.43. The van der Waals surface area contributed by atoms with Gasteiger partial charge in [0.2, 0.25) is 0 Å². The number of benzene rings is 1. The lowest BCUT2D eigenvalue weighted by Gasteiger charge is -2.21. The van der Waals surface area contributed by atoms with Gasteiger partial charge in [0.25, 0.3) is 0 Å². The molecule has 0 aromatic heterocycles. The van der Waals surface area contributed by atoms with E-state index in [9.17, 15) is 4.39 Å². The van der Waals surface area contributed by atoms with Crippen LogP contribution in [0.15, 0.2) is 22.7 Å². The lowest BCUT2D eigenvalue weighted by atomic mass is 10.2. The highest BCUT2D eigenvalue weighted by molar-refractivity contribution is 9.10. The summed E-state index contributed by atoms with van der Waals surface area (Å²) in [5.74, 6) is 0.413. The first kappa shape index (κ1) is 14.9. The number of rotatable bonds is 7. The van der Waals surface area contributed by atoms with Gasteiger partial charge in [-0.2, -0.15) is 0 Å². The Balaban J connectivity index is 2.63. The molecule has 0 fully saturated rings. The maximum absolute atomic E-state index is 13.2. The fourth-order valence-corrected chi connectivity index (χ4v) is 2.48. The van der Waals surface area contributed by atoms with E-state index in [-0.39, 0.29) is 5.82 Å². The van der Waals surface area contributed by atoms with Crippen LogP contribution in [-0.4, -0.2) is 23.9 Å². The Hall–Kier alpha value is -0.120. The van der Waals surface area contributed by atoms with E-state index in [1.54, 1.807) is 6.07 Å². The van der Waals surface area contributed by atoms with Gasteiger partial charge in [0.15, 0.2) is 0 Å². The zero-order chi connectivity index (χ0) is 12.7. The molecule has 0 amide bonds. The Kier molecular flexibility index (Phi) is 7.09. The van der Waals surface area contributed by atoms with Crippen molar-refractivity contribution in [1.29, 1.82) is 0 Å². The number of unbranched alkanes of at least 4 members (excludes halogenated alkanes) is 1. The Morgan fingerprint density at radius 3 is 2.65 bits per heavy atom. The van der Waals surface area contributed by atoms with E-state index in [1.165, 1.54) is 6.07 Å². The van der Waals surface area contributed by atoms with Crippen molar-refractivity contribution < 1.29 is 4.39 Å². The third-order valence-corrected chi connectivity index (χ3v) is 3.18. The minimum Gasteiger partial charge on any atom is -0.298 e. The molecule has 0 aliphatic heterocycles. The Labute approximate surface area is 116 Å². The zero-order valence-corrected chi connectivity index (χ0v) is 12.4. The van der Waals surface area contributed by atoms with E-state index in [4.69, 9.17) is 11.6 Å². The Morgan fingerprint density at radius 2 is 2.06 bits per heavy atom. The minimum atomic E-state index is -0.198. The van der Waals surface area contributed by atoms with Crippen LogP contribution < -0.4 is 0 Å². The van der Waals surface area contributed by atoms with Crippen LogP contribution in [-0.2, 0) is 6.54 Å². The summed E-state index contributed by atoms with van der Waals surface area (Å²) in [6, 6.07) is 5.01. The smallest absolute Gasteiger partial charge is 0.124 e. The van der Waals surface area contributed by atoms with Gasteiger partial charge in [0.1, 0.15) is 5.82 Å². The lowest BCUT2D eigenvalue weighted by Crippen LogP contribution is -2.26. The number of hydrogen-bond acceptors (Lipinski definition) is 1. The first-order chi connectivity index (χ1) is 8.15. The van der Waals surface area contributed by atoms with Gasteiger partial charge < -0.3 is 0 Å². The molecule has 17 heavy (non-hydrogen) atoms. The lowest BCUT2D eigenvalue weighted by molar-refractivity contribution is 0.276. The van der Waals surface area contributed by atoms with E-state index >= 15 is 0 Å². The van der Waals surface area contributed by atoms with Gasteiger partial charge in [-0.05, 0) is 36.7 Å². The van der Waals surface area contributed by atoms with Crippen LogP contribution in [0.5, 0.6) is 0 Å². The molecule has 0 radical (unpaired) electrons. The van der Waals surface area contributed by atoms with Gasteiger partial charge >= 0.3 is 0 Å². The average Bonchev–Trinajstić information content (AvgIpc) is 2.24. The van der Waals surface area contributed by atoms with Gasteiger partial charge in [-0.25, -0.2) is 4.39 Å². The van der Waals surface area contributed by atoms with Crippen molar-refractivity contribution in [1.82, 2.24) is 4.90 Å². The van der Waals surface area contributed by atoms with Crippen molar-refractivity contribution in [3.63, 3.8) is 0 Å². The van der Waals surface area contributed by atoms with Crippen LogP contribution in [0, 0.1) is 5.82 Å². The molecule has 0 atom stereocenters. The van der Waals surface area contributed by atoms with Crippen LogP contribution in [0.3, 0.4) is 0 Å². The molecule has 0 heterocycles. The summed E-state index contributed by atoms with van der Waals surface area (Å²) in [5, 5.41) is 0. The number of halogens is 3. The molecule has 1 rings (SSSR count). The Bertz CT molecular complexity index is 326. The molecule has 0 unspecified atom stereocenters. The van der Waals surface area contributed by atoms with E-state index < -0.39 is 0 Å². The van der Waals surface area contributed by atoms with Crippen molar-refractivity contribution in [2.45, 2.75) is 26.3 Å². The van der Waals surface area contributed by atoms with Gasteiger partial charge in [0.05, 0.1) is 0 Å². The first-order valence-electron chi connectivity index (χ1n) is 5.89. The summed E-state index contributed by atoms with van der Waals surface area (Å²) >= 11 is 9.09. The summed E-state index contributed by atoms with van der Waals surface area (Å²) in [7, 11) is 0. The molecule has 4 heteroatoms. The topological polar surface area (TPSA) is 3.24 Å². The van der Waals surface area contributed by atoms with Crippen LogP contribution in [0.25, 0.3) is 0 Å². The van der Waals surface area contributed by atoms with Gasteiger partial charge in [-0.1, -0.05) is 29.3 Å². The highest BCUT2D eigenvalue weighted by atomic mass is 79.9. The van der Waals surface area contributed by atoms with Crippen LogP contribution in [0.4, 0.5) is 4.39 Å². The molecule has 0 saturated carbocycles. The van der Waals surface area contributed by atoms with E-state index in [0.29, 0.717) is 5.88 Å². The molecule has 0 spiro atoms. The second-order valence-corrected chi connectivity index (χ2v) is 5.39. The maximum Gasteiger partial charge on any atom is 0.124 e. The first-order valence-corrected chi connectivity index (χ1v) is 7.21. The van der Waals surface area contributed by atoms with Crippen LogP contribution in [0.1, 0.15) is 25.3 Å². The van der Waals surface area contributed by atoms with Crippen LogP contribution >= 0.6 is 27.5 Å². The molecular formula is C13H18BrClFN. The molecular weight excluding hydrogens is 305 g/mol. The second-order valence-electron chi connectivity index (χ2n) is 4.10. The fourth-order valence-electron chi connectivity index (χ4n) is 1.73. The van der Waals surface area contributed by atoms with E-state index in [0.717, 1.165) is 42.5 Å². The highest BCUT2D eigenvalue weighted by Gasteiger charge is 2.06. The molecule has 0 N–H and O–H groups in total. The van der Waals surface area contributed by atoms with Crippen molar-refractivity contribution in [2.24, 2.45) is 0 Å². The van der Waals surface area contributed by atoms with Gasteiger partial charge in [-0.3, -0.25) is 4.90 Å². The quantitative estimate of drug-likeness (QED) is 0.671. The van der Waals surface area contributed by atoms with E-state index in [2.05, 4.69) is 27.8 Å². The van der Waals surface area contributed by atoms with Crippen molar-refractivity contribution >= 4 is 27.5 Å². The van der Waals surface area contributed by atoms with Gasteiger partial charge in [0, 0.05) is 23.4 Å². The molecule has 1 nitrogen and oxygen atoms in total. The maximum atomic E-state index is 13.2. The molecule has 1 aromatic carbocycles. The van der Waals surface area contributed by atoms with Gasteiger partial charge in [-0.15, -0.1) is 11.6 Å². The summed E-state index contributed by atoms with van der Waals surface area (Å²) in [6.07, 6.45) is 2.30. The Morgan fingerprint density at radius 1 is 1.29 bits per heavy atom. The summed E-state index contributed by atoms with van der Waals surface area (Å²) in [6.45, 7) is 4.77. The normalized spacial score (nSPS) is 11.1. The summed E-state index contributed by atoms with van der Waals surface area (Å²) in [4.78, 5) is 2.26. The predicted molar refractivity (Wildman–Crippen MR) is 75.0 cm³/mol. The SMILES string of the molecule is CCCCN(CCCl)Cc1cc(F)cc(Br)c1. The average molecular weight is 323 g/mol. The van der Waals surface area contributed by atoms with Crippen molar-refractivity contribution in [3.8, 4) is 0 Å². The fraction of sp³-hybridized carbons (Fsp3) is 0.538. The van der Waals surface area contributed by atoms with Crippen LogP contribution in [0.2, 0.25) is 0 Å². The number of hydrogen-bond donors (Lipinski definition) is 0. The third kappa shape index (κ3) is 5.84. The standard InChI is InChI=1S/C13H18BrClFN/c1-2-3-5-17(6-4-15)10-11-7-12(14)9-13(16)8-11/h7-9H,2-6,10H2,1H3. The molecule has 0 bridgehead atoms. The third-order valence-electron chi connectivity index (χ3n) is 2.56. The van der Waals surface area contributed by atoms with E-state index in [1.807, 2.05) is 6.07 Å². The molecule has 96 valence electrons. The number of nitrogens with zero attached hydrogens (tertiary/aromatic N) is 1. The molecule has 0 aliphatic carbocycles. The zero-order valence-electron chi connectivity index (χ0n) is 10.1. The largest absolute Gasteiger partial charge is 0.298 e. The molecule has 1 aromatic rings. The molecule has 0 saturated heterocycles. The summed E-state index contributed by atoms with van der Waals surface area (Å²) in [5.41, 5.74) is 0.984. The summed E-state index contributed by atoms with van der Waals surface area (Å²) < 4.78 is 14.0. The minimum absolute atomic E-state index is 0.198. The highest BCUT2D eigenvalue weighted by Crippen LogP contribution is 2.16.